The van der Waals surface area contributed by atoms with E-state index in [-0.39, 0.29) is 0 Å². The maximum absolute atomic E-state index is 11.9. The van der Waals surface area contributed by atoms with E-state index < -0.39 is 17.9 Å². The largest absolute Gasteiger partial charge is 0.368 e. The van der Waals surface area contributed by atoms with Gasteiger partial charge in [-0.05, 0) is 37.1 Å². The molecule has 1 atom stereocenters. The Morgan fingerprint density at radius 3 is 2.50 bits per heavy atom. The lowest BCUT2D eigenvalue weighted by Crippen LogP contribution is -2.44. The Morgan fingerprint density at radius 1 is 1.35 bits per heavy atom. The van der Waals surface area contributed by atoms with Gasteiger partial charge >= 0.3 is 0 Å². The van der Waals surface area contributed by atoms with E-state index in [0.29, 0.717) is 30.4 Å². The number of nitrogens with two attached hydrogens (primary N) is 1. The smallest absolute Gasteiger partial charge is 0.251 e. The second-order valence-corrected chi connectivity index (χ2v) is 4.21. The molecule has 1 rings (SSSR count). The summed E-state index contributed by atoms with van der Waals surface area (Å²) >= 11 is 0. The van der Waals surface area contributed by atoms with E-state index in [4.69, 9.17) is 17.4 Å². The minimum Gasteiger partial charge on any atom is -0.368 e. The number of rotatable bonds is 6. The van der Waals surface area contributed by atoms with E-state index in [1.165, 1.54) is 24.3 Å². The van der Waals surface area contributed by atoms with E-state index >= 15 is 0 Å². The molecular weight excluding hydrogens is 254 g/mol. The summed E-state index contributed by atoms with van der Waals surface area (Å²) in [6.45, 7) is 0. The second kappa shape index (κ2) is 7.60. The fourth-order valence-corrected chi connectivity index (χ4v) is 1.63. The van der Waals surface area contributed by atoms with Crippen molar-refractivity contribution in [1.82, 2.24) is 5.32 Å². The summed E-state index contributed by atoms with van der Waals surface area (Å²) in [6.07, 6.45) is 6.67. The summed E-state index contributed by atoms with van der Waals surface area (Å²) in [5.41, 5.74) is 6.07. The quantitative estimate of drug-likeness (QED) is 0.594. The summed E-state index contributed by atoms with van der Waals surface area (Å²) < 4.78 is 0. The zero-order valence-electron chi connectivity index (χ0n) is 10.9. The van der Waals surface area contributed by atoms with Gasteiger partial charge in [0, 0.05) is 12.0 Å². The number of terminal acetylenes is 1. The highest BCUT2D eigenvalue weighted by Gasteiger charge is 2.18. The number of carbonyl (C=O) groups is 2. The van der Waals surface area contributed by atoms with Crippen molar-refractivity contribution >= 4 is 11.8 Å². The molecule has 0 saturated heterocycles. The Bertz CT molecular complexity index is 564. The number of hydrogen-bond donors (Lipinski definition) is 2. The fourth-order valence-electron chi connectivity index (χ4n) is 1.63. The molecule has 0 unspecified atom stereocenters. The average molecular weight is 269 g/mol. The molecule has 0 saturated carbocycles. The maximum atomic E-state index is 11.9. The van der Waals surface area contributed by atoms with Gasteiger partial charge in [0.05, 0.1) is 11.6 Å². The molecule has 5 heteroatoms. The van der Waals surface area contributed by atoms with Gasteiger partial charge in [0.1, 0.15) is 6.04 Å². The van der Waals surface area contributed by atoms with Crippen molar-refractivity contribution in [2.75, 3.05) is 0 Å². The van der Waals surface area contributed by atoms with Gasteiger partial charge in [0.2, 0.25) is 5.91 Å². The number of nitrogens with zero attached hydrogens (tertiary/aromatic N) is 1. The molecule has 3 N–H and O–H groups in total. The molecule has 0 aliphatic carbocycles. The molecule has 0 aliphatic heterocycles. The van der Waals surface area contributed by atoms with Crippen LogP contribution < -0.4 is 11.1 Å². The van der Waals surface area contributed by atoms with Crippen molar-refractivity contribution in [3.63, 3.8) is 0 Å². The number of nitriles is 1. The van der Waals surface area contributed by atoms with Crippen LogP contribution in [-0.4, -0.2) is 17.9 Å². The summed E-state index contributed by atoms with van der Waals surface area (Å²) in [7, 11) is 0. The van der Waals surface area contributed by atoms with Crippen molar-refractivity contribution < 1.29 is 9.59 Å². The SMILES string of the molecule is C#CCCC[C@@H](NC(=O)c1ccc(C#N)cc1)C(N)=O. The zero-order valence-corrected chi connectivity index (χ0v) is 10.9. The number of nitrogens with one attached hydrogen (secondary N) is 1. The van der Waals surface area contributed by atoms with E-state index in [2.05, 4.69) is 11.2 Å². The Balaban J connectivity index is 2.68. The zero-order chi connectivity index (χ0) is 15.0. The molecule has 0 aromatic heterocycles. The number of primary amides is 1. The van der Waals surface area contributed by atoms with Gasteiger partial charge in [-0.3, -0.25) is 9.59 Å². The van der Waals surface area contributed by atoms with Crippen LogP contribution in [0.2, 0.25) is 0 Å². The van der Waals surface area contributed by atoms with Crippen LogP contribution in [0.25, 0.3) is 0 Å². The van der Waals surface area contributed by atoms with Gasteiger partial charge in [0.25, 0.3) is 5.91 Å². The molecule has 0 spiro atoms. The van der Waals surface area contributed by atoms with Crippen molar-refractivity contribution in [3.05, 3.63) is 35.4 Å². The molecule has 5 nitrogen and oxygen atoms in total. The van der Waals surface area contributed by atoms with Crippen molar-refractivity contribution in [2.24, 2.45) is 5.73 Å². The highest BCUT2D eigenvalue weighted by atomic mass is 16.2. The molecule has 20 heavy (non-hydrogen) atoms. The highest BCUT2D eigenvalue weighted by Crippen LogP contribution is 2.06. The lowest BCUT2D eigenvalue weighted by Gasteiger charge is -2.14. The normalized spacial score (nSPS) is 10.9. The van der Waals surface area contributed by atoms with E-state index in [1.807, 2.05) is 6.07 Å². The minimum absolute atomic E-state index is 0.368. The van der Waals surface area contributed by atoms with Crippen LogP contribution >= 0.6 is 0 Å². The van der Waals surface area contributed by atoms with Gasteiger partial charge in [-0.25, -0.2) is 0 Å². The third-order valence-corrected chi connectivity index (χ3v) is 2.74. The Morgan fingerprint density at radius 2 is 2.00 bits per heavy atom. The average Bonchev–Trinajstić information content (AvgIpc) is 2.46. The minimum atomic E-state index is -0.744. The van der Waals surface area contributed by atoms with Crippen LogP contribution in [0.1, 0.15) is 35.2 Å². The van der Waals surface area contributed by atoms with Crippen LogP contribution in [0, 0.1) is 23.7 Å². The third kappa shape index (κ3) is 4.47. The van der Waals surface area contributed by atoms with Crippen LogP contribution in [-0.2, 0) is 4.79 Å². The monoisotopic (exact) mass is 269 g/mol. The summed E-state index contributed by atoms with van der Waals surface area (Å²) in [4.78, 5) is 23.2. The van der Waals surface area contributed by atoms with Crippen LogP contribution in [0.5, 0.6) is 0 Å². The van der Waals surface area contributed by atoms with Crippen LogP contribution in [0.15, 0.2) is 24.3 Å². The Kier molecular flexibility index (Phi) is 5.80. The summed E-state index contributed by atoms with van der Waals surface area (Å²) in [5, 5.41) is 11.2. The third-order valence-electron chi connectivity index (χ3n) is 2.74. The van der Waals surface area contributed by atoms with E-state index in [9.17, 15) is 9.59 Å². The van der Waals surface area contributed by atoms with Crippen LogP contribution in [0.4, 0.5) is 0 Å². The van der Waals surface area contributed by atoms with Crippen molar-refractivity contribution in [1.29, 1.82) is 5.26 Å². The van der Waals surface area contributed by atoms with Gasteiger partial charge in [0.15, 0.2) is 0 Å². The number of unbranched alkanes of at least 4 members (excludes halogenated alkanes) is 1. The highest BCUT2D eigenvalue weighted by molar-refractivity contribution is 5.97. The van der Waals surface area contributed by atoms with Gasteiger partial charge in [-0.2, -0.15) is 5.26 Å². The van der Waals surface area contributed by atoms with Crippen molar-refractivity contribution in [2.45, 2.75) is 25.3 Å². The first-order valence-electron chi connectivity index (χ1n) is 6.12. The summed E-state index contributed by atoms with van der Waals surface area (Å²) in [6, 6.07) is 7.33. The van der Waals surface area contributed by atoms with E-state index in [1.54, 1.807) is 0 Å². The van der Waals surface area contributed by atoms with Gasteiger partial charge in [-0.15, -0.1) is 12.3 Å². The second-order valence-electron chi connectivity index (χ2n) is 4.21. The number of carbonyl (C=O) groups excluding carboxylic acids is 2. The molecule has 0 bridgehead atoms. The molecule has 2 amide bonds. The maximum Gasteiger partial charge on any atom is 0.251 e. The van der Waals surface area contributed by atoms with Crippen LogP contribution in [0.3, 0.4) is 0 Å². The molecule has 0 heterocycles. The lowest BCUT2D eigenvalue weighted by atomic mass is 10.1. The molecule has 102 valence electrons. The number of hydrogen-bond acceptors (Lipinski definition) is 3. The molecular formula is C15H15N3O2. The predicted molar refractivity (Wildman–Crippen MR) is 74.3 cm³/mol. The molecule has 1 aromatic rings. The van der Waals surface area contributed by atoms with Gasteiger partial charge in [-0.1, -0.05) is 0 Å². The van der Waals surface area contributed by atoms with E-state index in [0.717, 1.165) is 0 Å². The molecule has 1 aromatic carbocycles. The summed E-state index contributed by atoms with van der Waals surface area (Å²) in [5.74, 6) is 1.47. The predicted octanol–water partition coefficient (Wildman–Crippen LogP) is 0.945. The fraction of sp³-hybridized carbons (Fsp3) is 0.267. The Hall–Kier alpha value is -2.79. The first kappa shape index (κ1) is 15.3. The topological polar surface area (TPSA) is 96.0 Å². The number of amides is 2. The number of benzene rings is 1. The lowest BCUT2D eigenvalue weighted by molar-refractivity contribution is -0.120. The van der Waals surface area contributed by atoms with Gasteiger partial charge < -0.3 is 11.1 Å². The molecule has 0 aliphatic rings. The standard InChI is InChI=1S/C15H15N3O2/c1-2-3-4-5-13(14(17)19)18-15(20)12-8-6-11(10-16)7-9-12/h1,6-9,13H,3-5H2,(H2,17,19)(H,18,20)/t13-/m1/s1. The first-order valence-corrected chi connectivity index (χ1v) is 6.12. The Labute approximate surface area is 117 Å². The first-order chi connectivity index (χ1) is 9.58. The van der Waals surface area contributed by atoms with Crippen molar-refractivity contribution in [3.8, 4) is 18.4 Å². The molecule has 0 radical (unpaired) electrons. The molecule has 0 fully saturated rings.